The van der Waals surface area contributed by atoms with E-state index in [4.69, 9.17) is 0 Å². The van der Waals surface area contributed by atoms with Gasteiger partial charge in [0.25, 0.3) is 0 Å². The van der Waals surface area contributed by atoms with E-state index in [1.807, 2.05) is 48.5 Å². The van der Waals surface area contributed by atoms with Crippen LogP contribution in [0.15, 0.2) is 57.5 Å². The van der Waals surface area contributed by atoms with Gasteiger partial charge in [-0.25, -0.2) is 0 Å². The zero-order chi connectivity index (χ0) is 21.6. The Morgan fingerprint density at radius 2 is 0.967 bits per heavy atom. The quantitative estimate of drug-likeness (QED) is 0.257. The number of anilines is 2. The second-order valence-electron chi connectivity index (χ2n) is 7.45. The van der Waals surface area contributed by atoms with Gasteiger partial charge >= 0.3 is 0 Å². The lowest BCUT2D eigenvalue weighted by molar-refractivity contribution is -0.117. The molecule has 0 fully saturated rings. The molecule has 0 saturated carbocycles. The molecule has 0 saturated heterocycles. The van der Waals surface area contributed by atoms with Crippen LogP contribution in [0, 0.1) is 0 Å². The lowest BCUT2D eigenvalue weighted by Crippen LogP contribution is -2.11. The standard InChI is InChI=1S/C24H30Br2N2O2/c25-19-11-9-13-21(17-19)27-23(29)15-7-5-3-1-2-4-6-8-16-24(30)28-22-14-10-12-20(26)18-22/h9-14,17-18H,1-8,15-16H2,(H,27,29)(H,28,30). The van der Waals surface area contributed by atoms with Gasteiger partial charge in [0.1, 0.15) is 0 Å². The third kappa shape index (κ3) is 10.9. The molecule has 0 radical (unpaired) electrons. The maximum atomic E-state index is 12.0. The molecule has 162 valence electrons. The molecule has 0 atom stereocenters. The number of hydrogen-bond acceptors (Lipinski definition) is 2. The SMILES string of the molecule is O=C(CCCCCCCCCCC(=O)Nc1cccc(Br)c1)Nc1cccc(Br)c1. The number of unbranched alkanes of at least 4 members (excludes halogenated alkanes) is 7. The van der Waals surface area contributed by atoms with Crippen molar-refractivity contribution in [3.8, 4) is 0 Å². The molecule has 0 aliphatic carbocycles. The van der Waals surface area contributed by atoms with Gasteiger partial charge in [-0.1, -0.05) is 82.5 Å². The molecule has 0 unspecified atom stereocenters. The van der Waals surface area contributed by atoms with Crippen molar-refractivity contribution in [1.29, 1.82) is 0 Å². The minimum Gasteiger partial charge on any atom is -0.326 e. The molecule has 0 aromatic heterocycles. The number of benzene rings is 2. The Morgan fingerprint density at radius 1 is 0.600 bits per heavy atom. The summed E-state index contributed by atoms with van der Waals surface area (Å²) in [6.45, 7) is 0. The summed E-state index contributed by atoms with van der Waals surface area (Å²) >= 11 is 6.81. The fourth-order valence-electron chi connectivity index (χ4n) is 3.21. The fourth-order valence-corrected chi connectivity index (χ4v) is 4.01. The Labute approximate surface area is 196 Å². The highest BCUT2D eigenvalue weighted by Crippen LogP contribution is 2.18. The van der Waals surface area contributed by atoms with E-state index in [9.17, 15) is 9.59 Å². The van der Waals surface area contributed by atoms with Crippen LogP contribution in [0.2, 0.25) is 0 Å². The molecule has 2 rings (SSSR count). The number of nitrogens with one attached hydrogen (secondary N) is 2. The van der Waals surface area contributed by atoms with Gasteiger partial charge in [-0.3, -0.25) is 9.59 Å². The van der Waals surface area contributed by atoms with E-state index in [1.165, 1.54) is 12.8 Å². The number of hydrogen-bond donors (Lipinski definition) is 2. The van der Waals surface area contributed by atoms with Crippen molar-refractivity contribution in [2.45, 2.75) is 64.2 Å². The number of rotatable bonds is 13. The summed E-state index contributed by atoms with van der Waals surface area (Å²) in [4.78, 5) is 23.9. The molecular formula is C24H30Br2N2O2. The first-order chi connectivity index (χ1) is 14.5. The molecule has 0 aliphatic rings. The Morgan fingerprint density at radius 3 is 1.33 bits per heavy atom. The van der Waals surface area contributed by atoms with Crippen molar-refractivity contribution in [2.24, 2.45) is 0 Å². The van der Waals surface area contributed by atoms with E-state index in [0.717, 1.165) is 58.8 Å². The predicted octanol–water partition coefficient (Wildman–Crippen LogP) is 7.69. The summed E-state index contributed by atoms with van der Waals surface area (Å²) in [5.41, 5.74) is 1.67. The van der Waals surface area contributed by atoms with Gasteiger partial charge in [0.2, 0.25) is 11.8 Å². The molecular weight excluding hydrogens is 508 g/mol. The number of carbonyl (C=O) groups excluding carboxylic acids is 2. The van der Waals surface area contributed by atoms with E-state index < -0.39 is 0 Å². The average Bonchev–Trinajstić information content (AvgIpc) is 2.69. The van der Waals surface area contributed by atoms with Crippen LogP contribution in [0.5, 0.6) is 0 Å². The van der Waals surface area contributed by atoms with Crippen LogP contribution in [0.3, 0.4) is 0 Å². The van der Waals surface area contributed by atoms with Gasteiger partial charge in [0.05, 0.1) is 0 Å². The Hall–Kier alpha value is -1.66. The Bertz CT molecular complexity index is 744. The van der Waals surface area contributed by atoms with Crippen LogP contribution in [-0.2, 0) is 9.59 Å². The third-order valence-electron chi connectivity index (χ3n) is 4.77. The summed E-state index contributed by atoms with van der Waals surface area (Å²) in [6.07, 6.45) is 9.86. The zero-order valence-electron chi connectivity index (χ0n) is 17.3. The lowest BCUT2D eigenvalue weighted by atomic mass is 10.1. The number of halogens is 2. The first-order valence-corrected chi connectivity index (χ1v) is 12.2. The molecule has 2 amide bonds. The van der Waals surface area contributed by atoms with E-state index in [-0.39, 0.29) is 11.8 Å². The van der Waals surface area contributed by atoms with Crippen LogP contribution >= 0.6 is 31.9 Å². The van der Waals surface area contributed by atoms with Gasteiger partial charge in [-0.15, -0.1) is 0 Å². The zero-order valence-corrected chi connectivity index (χ0v) is 20.4. The van der Waals surface area contributed by atoms with Gasteiger partial charge < -0.3 is 10.6 Å². The van der Waals surface area contributed by atoms with Crippen molar-refractivity contribution in [2.75, 3.05) is 10.6 Å². The molecule has 2 aromatic carbocycles. The second kappa shape index (κ2) is 14.4. The maximum absolute atomic E-state index is 12.0. The first kappa shape index (κ1) is 24.6. The van der Waals surface area contributed by atoms with Crippen molar-refractivity contribution < 1.29 is 9.59 Å². The van der Waals surface area contributed by atoms with Gasteiger partial charge in [0, 0.05) is 33.2 Å². The molecule has 2 N–H and O–H groups in total. The highest BCUT2D eigenvalue weighted by Gasteiger charge is 2.04. The summed E-state index contributed by atoms with van der Waals surface area (Å²) in [5, 5.41) is 5.86. The molecule has 0 spiro atoms. The Balaban J connectivity index is 1.41. The molecule has 0 heterocycles. The van der Waals surface area contributed by atoms with Gasteiger partial charge in [-0.2, -0.15) is 0 Å². The predicted molar refractivity (Wildman–Crippen MR) is 132 cm³/mol. The highest BCUT2D eigenvalue weighted by atomic mass is 79.9. The molecule has 0 aliphatic heterocycles. The lowest BCUT2D eigenvalue weighted by Gasteiger charge is -2.06. The normalized spacial score (nSPS) is 10.6. The maximum Gasteiger partial charge on any atom is 0.224 e. The monoisotopic (exact) mass is 536 g/mol. The Kier molecular flexibility index (Phi) is 11.8. The molecule has 4 nitrogen and oxygen atoms in total. The van der Waals surface area contributed by atoms with Crippen molar-refractivity contribution in [3.05, 3.63) is 57.5 Å². The highest BCUT2D eigenvalue weighted by molar-refractivity contribution is 9.10. The largest absolute Gasteiger partial charge is 0.326 e. The van der Waals surface area contributed by atoms with E-state index in [2.05, 4.69) is 42.5 Å². The summed E-state index contributed by atoms with van der Waals surface area (Å²) < 4.78 is 1.93. The van der Waals surface area contributed by atoms with Crippen molar-refractivity contribution >= 4 is 55.0 Å². The van der Waals surface area contributed by atoms with Gasteiger partial charge in [-0.05, 0) is 49.2 Å². The minimum atomic E-state index is 0.0780. The smallest absolute Gasteiger partial charge is 0.224 e. The van der Waals surface area contributed by atoms with Crippen molar-refractivity contribution in [1.82, 2.24) is 0 Å². The van der Waals surface area contributed by atoms with Crippen LogP contribution in [0.25, 0.3) is 0 Å². The van der Waals surface area contributed by atoms with E-state index in [1.54, 1.807) is 0 Å². The summed E-state index contributed by atoms with van der Waals surface area (Å²) in [6, 6.07) is 15.3. The van der Waals surface area contributed by atoms with E-state index >= 15 is 0 Å². The van der Waals surface area contributed by atoms with Crippen LogP contribution in [-0.4, -0.2) is 11.8 Å². The third-order valence-corrected chi connectivity index (χ3v) is 5.76. The minimum absolute atomic E-state index is 0.0780. The number of amides is 2. The second-order valence-corrected chi connectivity index (χ2v) is 9.28. The topological polar surface area (TPSA) is 58.2 Å². The molecule has 0 bridgehead atoms. The fraction of sp³-hybridized carbons (Fsp3) is 0.417. The average molecular weight is 538 g/mol. The summed E-state index contributed by atoms with van der Waals surface area (Å²) in [5.74, 6) is 0.156. The van der Waals surface area contributed by atoms with E-state index in [0.29, 0.717) is 12.8 Å². The first-order valence-electron chi connectivity index (χ1n) is 10.6. The van der Waals surface area contributed by atoms with Crippen LogP contribution in [0.1, 0.15) is 64.2 Å². The summed E-state index contributed by atoms with van der Waals surface area (Å²) in [7, 11) is 0. The van der Waals surface area contributed by atoms with Crippen LogP contribution < -0.4 is 10.6 Å². The van der Waals surface area contributed by atoms with Crippen molar-refractivity contribution in [3.63, 3.8) is 0 Å². The van der Waals surface area contributed by atoms with Crippen LogP contribution in [0.4, 0.5) is 11.4 Å². The van der Waals surface area contributed by atoms with Gasteiger partial charge in [0.15, 0.2) is 0 Å². The number of carbonyl (C=O) groups is 2. The molecule has 30 heavy (non-hydrogen) atoms. The molecule has 2 aromatic rings. The molecule has 6 heteroatoms.